The number of unbranched alkanes of at least 4 members (excludes halogenated alkanes) is 51. The van der Waals surface area contributed by atoms with Crippen molar-refractivity contribution in [3.05, 3.63) is 24.3 Å². The molecule has 86 heavy (non-hydrogen) atoms. The van der Waals surface area contributed by atoms with Crippen LogP contribution in [0, 0.1) is 0 Å². The molecule has 0 bridgehead atoms. The molecule has 9 unspecified atom stereocenters. The maximum absolute atomic E-state index is 13.3. The Bertz CT molecular complexity index is 1450. The summed E-state index contributed by atoms with van der Waals surface area (Å²) in [7, 11) is 0. The van der Waals surface area contributed by atoms with Gasteiger partial charge in [0, 0.05) is 0 Å². The van der Waals surface area contributed by atoms with Crippen molar-refractivity contribution in [3.8, 4) is 0 Å². The third-order valence-corrected chi connectivity index (χ3v) is 18.5. The molecule has 11 nitrogen and oxygen atoms in total. The molecule has 0 aromatic rings. The summed E-state index contributed by atoms with van der Waals surface area (Å²) < 4.78 is 11.2. The van der Waals surface area contributed by atoms with Crippen molar-refractivity contribution in [1.29, 1.82) is 0 Å². The molecule has 1 saturated heterocycles. The number of carbonyl (C=O) groups is 1. The van der Waals surface area contributed by atoms with Crippen molar-refractivity contribution in [1.82, 2.24) is 5.32 Å². The van der Waals surface area contributed by atoms with Crippen molar-refractivity contribution in [3.63, 3.8) is 0 Å². The number of aliphatic hydroxyl groups excluding tert-OH is 7. The molecule has 0 aliphatic carbocycles. The Labute approximate surface area is 531 Å². The lowest BCUT2D eigenvalue weighted by atomic mass is 9.98. The van der Waals surface area contributed by atoms with Crippen LogP contribution in [-0.2, 0) is 14.3 Å². The van der Waals surface area contributed by atoms with Crippen molar-refractivity contribution >= 4 is 5.91 Å². The van der Waals surface area contributed by atoms with Gasteiger partial charge in [-0.15, -0.1) is 0 Å². The number of ether oxygens (including phenoxy) is 2. The highest BCUT2D eigenvalue weighted by molar-refractivity contribution is 5.80. The first-order valence-corrected chi connectivity index (χ1v) is 37.7. The molecular weight excluding hydrogens is 1070 g/mol. The first kappa shape index (κ1) is 82.6. The zero-order chi connectivity index (χ0) is 62.4. The van der Waals surface area contributed by atoms with Gasteiger partial charge in [-0.1, -0.05) is 353 Å². The highest BCUT2D eigenvalue weighted by Crippen LogP contribution is 2.24. The van der Waals surface area contributed by atoms with Gasteiger partial charge in [0.2, 0.25) is 5.91 Å². The highest BCUT2D eigenvalue weighted by Gasteiger charge is 2.44. The van der Waals surface area contributed by atoms with E-state index in [1.54, 1.807) is 0 Å². The maximum atomic E-state index is 13.3. The molecule has 11 heteroatoms. The summed E-state index contributed by atoms with van der Waals surface area (Å²) in [6, 6.07) is -1.19. The summed E-state index contributed by atoms with van der Waals surface area (Å²) in [5.74, 6) is -0.703. The van der Waals surface area contributed by atoms with E-state index in [9.17, 15) is 40.5 Å². The first-order valence-electron chi connectivity index (χ1n) is 37.7. The van der Waals surface area contributed by atoms with Gasteiger partial charge in [0.15, 0.2) is 6.29 Å². The Morgan fingerprint density at radius 1 is 0.395 bits per heavy atom. The Balaban J connectivity index is 2.12. The van der Waals surface area contributed by atoms with Crippen LogP contribution in [0.15, 0.2) is 24.3 Å². The predicted octanol–water partition coefficient (Wildman–Crippen LogP) is 18.8. The second kappa shape index (κ2) is 63.7. The monoisotopic (exact) mass is 1220 g/mol. The highest BCUT2D eigenvalue weighted by atomic mass is 16.7. The number of rotatable bonds is 67. The number of carbonyl (C=O) groups excluding carboxylic acids is 1. The zero-order valence-corrected chi connectivity index (χ0v) is 56.6. The van der Waals surface area contributed by atoms with Gasteiger partial charge in [-0.3, -0.25) is 4.79 Å². The van der Waals surface area contributed by atoms with Gasteiger partial charge in [-0.25, -0.2) is 0 Å². The van der Waals surface area contributed by atoms with E-state index in [0.717, 1.165) is 38.5 Å². The molecule has 1 amide bonds. The number of aliphatic hydroxyl groups is 7. The van der Waals surface area contributed by atoms with E-state index in [0.29, 0.717) is 19.3 Å². The lowest BCUT2D eigenvalue weighted by Gasteiger charge is -2.40. The lowest BCUT2D eigenvalue weighted by molar-refractivity contribution is -0.303. The average molecular weight is 1220 g/mol. The van der Waals surface area contributed by atoms with E-state index >= 15 is 0 Å². The van der Waals surface area contributed by atoms with Gasteiger partial charge in [0.05, 0.1) is 25.4 Å². The number of allylic oxidation sites excluding steroid dienone is 4. The standard InChI is InChI=1S/C75H145NO10/c1-3-5-7-9-11-13-15-17-19-21-23-25-26-27-28-29-30-31-32-33-34-35-36-37-38-39-40-41-43-45-47-49-51-53-55-57-59-61-63-68(79)74(84)76-66(65-85-75-73(83)72(82)71(81)69(64-77)86-75)70(80)67(78)62-60-58-56-54-52-50-48-46-44-42-24-22-20-18-16-14-12-10-8-6-4-2/h46,48,54,56,66-73,75,77-83H,3-45,47,49-53,55,57-65H2,1-2H3,(H,76,84)/b48-46+,56-54+. The van der Waals surface area contributed by atoms with Gasteiger partial charge in [0.25, 0.3) is 0 Å². The zero-order valence-electron chi connectivity index (χ0n) is 56.6. The minimum Gasteiger partial charge on any atom is -0.394 e. The van der Waals surface area contributed by atoms with Crippen LogP contribution in [0.1, 0.15) is 380 Å². The van der Waals surface area contributed by atoms with Crippen LogP contribution in [0.4, 0.5) is 0 Å². The van der Waals surface area contributed by atoms with Crippen molar-refractivity contribution in [2.75, 3.05) is 13.2 Å². The van der Waals surface area contributed by atoms with E-state index in [-0.39, 0.29) is 12.8 Å². The van der Waals surface area contributed by atoms with E-state index < -0.39 is 74.2 Å². The quantitative estimate of drug-likeness (QED) is 0.0215. The Morgan fingerprint density at radius 3 is 1.03 bits per heavy atom. The maximum Gasteiger partial charge on any atom is 0.249 e. The third-order valence-electron chi connectivity index (χ3n) is 18.5. The SMILES string of the molecule is CCCCCCCCCCCCCC/C=C/CC/C=C/CCCC(O)C(O)C(COC1OC(CO)C(O)C(O)C1O)NC(=O)C(O)CCCCCCCCCCCCCCCCCCCCCCCCCCCCCCCCCCCCCCCC. The number of amides is 1. The van der Waals surface area contributed by atoms with Crippen molar-refractivity contribution in [2.45, 2.75) is 435 Å². The minimum atomic E-state index is -1.67. The molecular formula is C75H145NO10. The number of nitrogens with one attached hydrogen (secondary N) is 1. The molecule has 8 N–H and O–H groups in total. The Morgan fingerprint density at radius 2 is 0.698 bits per heavy atom. The van der Waals surface area contributed by atoms with Crippen molar-refractivity contribution < 1.29 is 50.0 Å². The topological polar surface area (TPSA) is 189 Å². The van der Waals surface area contributed by atoms with Crippen LogP contribution in [0.5, 0.6) is 0 Å². The van der Waals surface area contributed by atoms with Crippen LogP contribution in [0.25, 0.3) is 0 Å². The van der Waals surface area contributed by atoms with E-state index in [1.165, 1.54) is 295 Å². The van der Waals surface area contributed by atoms with E-state index in [4.69, 9.17) is 9.47 Å². The van der Waals surface area contributed by atoms with Gasteiger partial charge < -0.3 is 50.5 Å². The molecule has 510 valence electrons. The third kappa shape index (κ3) is 50.3. The molecule has 0 spiro atoms. The van der Waals surface area contributed by atoms with Crippen LogP contribution in [0.2, 0.25) is 0 Å². The fraction of sp³-hybridized carbons (Fsp3) is 0.933. The summed E-state index contributed by atoms with van der Waals surface area (Å²) >= 11 is 0. The van der Waals surface area contributed by atoms with Gasteiger partial charge >= 0.3 is 0 Å². The summed E-state index contributed by atoms with van der Waals surface area (Å²) in [5.41, 5.74) is 0. The van der Waals surface area contributed by atoms with Gasteiger partial charge in [-0.2, -0.15) is 0 Å². The van der Waals surface area contributed by atoms with Gasteiger partial charge in [0.1, 0.15) is 36.6 Å². The summed E-state index contributed by atoms with van der Waals surface area (Å²) in [6.07, 6.45) is 70.1. The van der Waals surface area contributed by atoms with Crippen LogP contribution in [0.3, 0.4) is 0 Å². The largest absolute Gasteiger partial charge is 0.394 e. The van der Waals surface area contributed by atoms with Gasteiger partial charge in [-0.05, 0) is 51.4 Å². The Kier molecular flexibility index (Phi) is 61.2. The van der Waals surface area contributed by atoms with Crippen molar-refractivity contribution in [2.24, 2.45) is 0 Å². The molecule has 9 atom stereocenters. The Hall–Kier alpha value is -1.41. The fourth-order valence-corrected chi connectivity index (χ4v) is 12.5. The second-order valence-corrected chi connectivity index (χ2v) is 26.7. The molecule has 0 aromatic heterocycles. The van der Waals surface area contributed by atoms with Crippen LogP contribution >= 0.6 is 0 Å². The molecule has 1 aliphatic heterocycles. The van der Waals surface area contributed by atoms with Crippen LogP contribution < -0.4 is 5.32 Å². The molecule has 1 fully saturated rings. The minimum absolute atomic E-state index is 0.249. The second-order valence-electron chi connectivity index (χ2n) is 26.7. The predicted molar refractivity (Wildman–Crippen MR) is 362 cm³/mol. The summed E-state index contributed by atoms with van der Waals surface area (Å²) in [4.78, 5) is 13.3. The smallest absolute Gasteiger partial charge is 0.249 e. The molecule has 1 rings (SSSR count). The van der Waals surface area contributed by atoms with Crippen LogP contribution in [-0.4, -0.2) is 110 Å². The van der Waals surface area contributed by atoms with E-state index in [2.05, 4.69) is 43.5 Å². The molecule has 0 saturated carbocycles. The molecule has 0 radical (unpaired) electrons. The molecule has 0 aromatic carbocycles. The first-order chi connectivity index (χ1) is 42.2. The molecule has 1 aliphatic rings. The molecule has 1 heterocycles. The normalized spacial score (nSPS) is 18.8. The number of hydrogen-bond acceptors (Lipinski definition) is 10. The number of hydrogen-bond donors (Lipinski definition) is 8. The average Bonchev–Trinajstić information content (AvgIpc) is 2.94. The van der Waals surface area contributed by atoms with E-state index in [1.807, 2.05) is 0 Å². The fourth-order valence-electron chi connectivity index (χ4n) is 12.5. The lowest BCUT2D eigenvalue weighted by Crippen LogP contribution is -2.60. The summed E-state index contributed by atoms with van der Waals surface area (Å²) in [5, 5.41) is 76.5. The summed E-state index contributed by atoms with van der Waals surface area (Å²) in [6.45, 7) is 3.50.